The number of halogens is 1. The molecule has 5 nitrogen and oxygen atoms in total. The van der Waals surface area contributed by atoms with Crippen molar-refractivity contribution in [3.63, 3.8) is 0 Å². The number of hydrogen-bond donors (Lipinski definition) is 3. The molecule has 1 aliphatic carbocycles. The lowest BCUT2D eigenvalue weighted by Gasteiger charge is -2.22. The van der Waals surface area contributed by atoms with Crippen molar-refractivity contribution in [2.45, 2.75) is 50.9 Å². The quantitative estimate of drug-likeness (QED) is 0.438. The molecule has 0 aromatic heterocycles. The standard InChI is InChI=1S/C20H27FO5/c21-15-9-7-14(8-10-15)12-26-13-17-16(18(22)11-19(17)23)5-3-1-2-4-6-20(24)25/h1,3,7-10,16-19,22-23H,2,4-6,11-13H2,(H,24,25)/b3-1-/t16-,17-,18+,19+/m0/s1. The van der Waals surface area contributed by atoms with Gasteiger partial charge in [0.2, 0.25) is 0 Å². The Hall–Kier alpha value is -1.76. The van der Waals surface area contributed by atoms with E-state index in [4.69, 9.17) is 9.84 Å². The normalized spacial score (nSPS) is 25.8. The first kappa shape index (κ1) is 20.6. The van der Waals surface area contributed by atoms with Gasteiger partial charge >= 0.3 is 5.97 Å². The number of ether oxygens (including phenoxy) is 1. The fourth-order valence-electron chi connectivity index (χ4n) is 3.37. The van der Waals surface area contributed by atoms with E-state index in [0.29, 0.717) is 38.9 Å². The summed E-state index contributed by atoms with van der Waals surface area (Å²) in [6, 6.07) is 6.08. The number of benzene rings is 1. The third kappa shape index (κ3) is 6.52. The first-order valence-corrected chi connectivity index (χ1v) is 9.02. The molecular formula is C20H27FO5. The zero-order valence-corrected chi connectivity index (χ0v) is 14.8. The van der Waals surface area contributed by atoms with Crippen LogP contribution >= 0.6 is 0 Å². The largest absolute Gasteiger partial charge is 0.481 e. The van der Waals surface area contributed by atoms with Crippen LogP contribution in [0.4, 0.5) is 4.39 Å². The molecule has 0 spiro atoms. The highest BCUT2D eigenvalue weighted by molar-refractivity contribution is 5.66. The Kier molecular flexibility index (Phi) is 8.22. The van der Waals surface area contributed by atoms with E-state index < -0.39 is 18.2 Å². The van der Waals surface area contributed by atoms with Gasteiger partial charge in [0.15, 0.2) is 0 Å². The summed E-state index contributed by atoms with van der Waals surface area (Å²) in [6.45, 7) is 0.657. The number of carboxylic acid groups (broad SMARTS) is 1. The minimum Gasteiger partial charge on any atom is -0.481 e. The highest BCUT2D eigenvalue weighted by atomic mass is 19.1. The predicted octanol–water partition coefficient (Wildman–Crippen LogP) is 2.90. The van der Waals surface area contributed by atoms with Gasteiger partial charge in [-0.15, -0.1) is 0 Å². The minimum absolute atomic E-state index is 0.0889. The molecule has 0 heterocycles. The van der Waals surface area contributed by atoms with E-state index in [1.54, 1.807) is 12.1 Å². The second-order valence-electron chi connectivity index (χ2n) is 6.83. The lowest BCUT2D eigenvalue weighted by atomic mass is 9.91. The Balaban J connectivity index is 1.78. The molecule has 1 saturated carbocycles. The van der Waals surface area contributed by atoms with E-state index in [9.17, 15) is 19.4 Å². The SMILES string of the molecule is O=C(O)CCC/C=C\C[C@H]1[C@H](COCc2ccc(F)cc2)[C@H](O)C[C@H]1O. The van der Waals surface area contributed by atoms with Crippen LogP contribution in [-0.4, -0.2) is 40.1 Å². The maximum Gasteiger partial charge on any atom is 0.303 e. The highest BCUT2D eigenvalue weighted by Gasteiger charge is 2.40. The summed E-state index contributed by atoms with van der Waals surface area (Å²) in [5.41, 5.74) is 0.856. The van der Waals surface area contributed by atoms with Crippen LogP contribution in [0.3, 0.4) is 0 Å². The number of allylic oxidation sites excluding steroid dienone is 2. The number of rotatable bonds is 10. The lowest BCUT2D eigenvalue weighted by Crippen LogP contribution is -2.26. The summed E-state index contributed by atoms with van der Waals surface area (Å²) in [7, 11) is 0. The van der Waals surface area contributed by atoms with Crippen LogP contribution in [0.25, 0.3) is 0 Å². The summed E-state index contributed by atoms with van der Waals surface area (Å²) < 4.78 is 18.6. The van der Waals surface area contributed by atoms with Crippen LogP contribution in [0, 0.1) is 17.7 Å². The molecule has 4 atom stereocenters. The zero-order chi connectivity index (χ0) is 18.9. The number of carbonyl (C=O) groups is 1. The van der Waals surface area contributed by atoms with Crippen LogP contribution in [0.1, 0.15) is 37.7 Å². The Morgan fingerprint density at radius 3 is 2.54 bits per heavy atom. The maximum absolute atomic E-state index is 12.9. The molecule has 6 heteroatoms. The van der Waals surface area contributed by atoms with E-state index in [-0.39, 0.29) is 24.1 Å². The average molecular weight is 366 g/mol. The molecule has 1 aromatic carbocycles. The number of carboxylic acids is 1. The monoisotopic (exact) mass is 366 g/mol. The zero-order valence-electron chi connectivity index (χ0n) is 14.8. The molecule has 0 aliphatic heterocycles. The Morgan fingerprint density at radius 2 is 1.85 bits per heavy atom. The van der Waals surface area contributed by atoms with Crippen molar-refractivity contribution in [3.05, 3.63) is 47.8 Å². The van der Waals surface area contributed by atoms with Crippen LogP contribution in [0.5, 0.6) is 0 Å². The van der Waals surface area contributed by atoms with Gasteiger partial charge in [0.25, 0.3) is 0 Å². The van der Waals surface area contributed by atoms with Gasteiger partial charge in [-0.1, -0.05) is 24.3 Å². The van der Waals surface area contributed by atoms with Crippen LogP contribution < -0.4 is 0 Å². The number of unbranched alkanes of at least 4 members (excludes halogenated alkanes) is 1. The predicted molar refractivity (Wildman–Crippen MR) is 94.9 cm³/mol. The molecule has 0 bridgehead atoms. The van der Waals surface area contributed by atoms with Gasteiger partial charge in [-0.25, -0.2) is 4.39 Å². The van der Waals surface area contributed by atoms with Gasteiger partial charge < -0.3 is 20.1 Å². The third-order valence-corrected chi connectivity index (χ3v) is 4.85. The van der Waals surface area contributed by atoms with Gasteiger partial charge in [-0.3, -0.25) is 4.79 Å². The molecule has 0 amide bonds. The molecule has 1 aliphatic rings. The van der Waals surface area contributed by atoms with Crippen LogP contribution in [0.2, 0.25) is 0 Å². The summed E-state index contributed by atoms with van der Waals surface area (Å²) in [6.07, 6.45) is 5.07. The number of aliphatic hydroxyl groups is 2. The molecule has 26 heavy (non-hydrogen) atoms. The van der Waals surface area contributed by atoms with Crippen LogP contribution in [-0.2, 0) is 16.1 Å². The fraction of sp³-hybridized carbons (Fsp3) is 0.550. The number of aliphatic carboxylic acids is 1. The van der Waals surface area contributed by atoms with E-state index in [2.05, 4.69) is 0 Å². The maximum atomic E-state index is 12.9. The van der Waals surface area contributed by atoms with Crippen molar-refractivity contribution in [1.82, 2.24) is 0 Å². The molecule has 3 N–H and O–H groups in total. The summed E-state index contributed by atoms with van der Waals surface area (Å²) in [5.74, 6) is -1.34. The van der Waals surface area contributed by atoms with E-state index in [1.165, 1.54) is 12.1 Å². The molecule has 1 fully saturated rings. The minimum atomic E-state index is -0.800. The van der Waals surface area contributed by atoms with Crippen molar-refractivity contribution in [2.24, 2.45) is 11.8 Å². The van der Waals surface area contributed by atoms with Gasteiger partial charge in [-0.05, 0) is 49.3 Å². The second kappa shape index (κ2) is 10.4. The molecule has 1 aromatic rings. The molecule has 0 unspecified atom stereocenters. The topological polar surface area (TPSA) is 87.0 Å². The highest BCUT2D eigenvalue weighted by Crippen LogP contribution is 2.35. The first-order valence-electron chi connectivity index (χ1n) is 9.02. The second-order valence-corrected chi connectivity index (χ2v) is 6.83. The molecule has 0 radical (unpaired) electrons. The molecular weight excluding hydrogens is 339 g/mol. The van der Waals surface area contributed by atoms with Crippen molar-refractivity contribution >= 4 is 5.97 Å². The van der Waals surface area contributed by atoms with E-state index in [0.717, 1.165) is 5.56 Å². The summed E-state index contributed by atoms with van der Waals surface area (Å²) in [4.78, 5) is 10.5. The van der Waals surface area contributed by atoms with Gasteiger partial charge in [0.05, 0.1) is 25.4 Å². The Bertz CT molecular complexity index is 586. The number of aliphatic hydroxyl groups excluding tert-OH is 2. The Labute approximate surface area is 153 Å². The summed E-state index contributed by atoms with van der Waals surface area (Å²) in [5, 5.41) is 29.0. The van der Waals surface area contributed by atoms with E-state index >= 15 is 0 Å². The van der Waals surface area contributed by atoms with Crippen molar-refractivity contribution in [1.29, 1.82) is 0 Å². The van der Waals surface area contributed by atoms with Crippen molar-refractivity contribution in [2.75, 3.05) is 6.61 Å². The smallest absolute Gasteiger partial charge is 0.303 e. The van der Waals surface area contributed by atoms with Gasteiger partial charge in [0.1, 0.15) is 5.82 Å². The number of hydrogen-bond acceptors (Lipinski definition) is 4. The van der Waals surface area contributed by atoms with Crippen molar-refractivity contribution < 1.29 is 29.2 Å². The van der Waals surface area contributed by atoms with Gasteiger partial charge in [-0.2, -0.15) is 0 Å². The van der Waals surface area contributed by atoms with Crippen LogP contribution in [0.15, 0.2) is 36.4 Å². The van der Waals surface area contributed by atoms with E-state index in [1.807, 2.05) is 12.2 Å². The fourth-order valence-corrected chi connectivity index (χ4v) is 3.37. The van der Waals surface area contributed by atoms with Gasteiger partial charge in [0, 0.05) is 12.3 Å². The average Bonchev–Trinajstić information content (AvgIpc) is 2.86. The molecule has 0 saturated heterocycles. The first-order chi connectivity index (χ1) is 12.5. The molecule has 2 rings (SSSR count). The lowest BCUT2D eigenvalue weighted by molar-refractivity contribution is -0.137. The summed E-state index contributed by atoms with van der Waals surface area (Å²) >= 11 is 0. The third-order valence-electron chi connectivity index (χ3n) is 4.85. The van der Waals surface area contributed by atoms with Crippen molar-refractivity contribution in [3.8, 4) is 0 Å². The molecule has 144 valence electrons. The Morgan fingerprint density at radius 1 is 1.15 bits per heavy atom.